The van der Waals surface area contributed by atoms with Gasteiger partial charge in [-0.3, -0.25) is 9.80 Å². The third kappa shape index (κ3) is 7.02. The monoisotopic (exact) mass is 412 g/mol. The second kappa shape index (κ2) is 11.5. The Morgan fingerprint density at radius 2 is 1.53 bits per heavy atom. The van der Waals surface area contributed by atoms with Crippen LogP contribution in [0.2, 0.25) is 0 Å². The Morgan fingerprint density at radius 1 is 0.900 bits per heavy atom. The SMILES string of the molecule is COCCN1CCN(Cc2ccc(NC(=O)NCc3ccc(OC)cc3)cc2)CC1. The van der Waals surface area contributed by atoms with Gasteiger partial charge in [-0.15, -0.1) is 0 Å². The highest BCUT2D eigenvalue weighted by atomic mass is 16.5. The standard InChI is InChI=1S/C23H32N4O3/c1-29-16-15-26-11-13-27(14-12-26)18-20-3-7-21(8-4-20)25-23(28)24-17-19-5-9-22(30-2)10-6-19/h3-10H,11-18H2,1-2H3,(H2,24,25,28). The van der Waals surface area contributed by atoms with Crippen LogP contribution in [-0.4, -0.2) is 69.4 Å². The maximum atomic E-state index is 12.1. The summed E-state index contributed by atoms with van der Waals surface area (Å²) in [5, 5.41) is 5.76. The Labute approximate surface area is 179 Å². The highest BCUT2D eigenvalue weighted by Crippen LogP contribution is 2.14. The van der Waals surface area contributed by atoms with Gasteiger partial charge in [0.25, 0.3) is 0 Å². The Balaban J connectivity index is 1.39. The van der Waals surface area contributed by atoms with Gasteiger partial charge in [0.15, 0.2) is 0 Å². The average Bonchev–Trinajstić information content (AvgIpc) is 2.79. The minimum absolute atomic E-state index is 0.217. The molecule has 0 atom stereocenters. The summed E-state index contributed by atoms with van der Waals surface area (Å²) in [5.41, 5.74) is 3.06. The Kier molecular flexibility index (Phi) is 8.50. The first-order valence-corrected chi connectivity index (χ1v) is 10.4. The van der Waals surface area contributed by atoms with Crippen LogP contribution in [0.3, 0.4) is 0 Å². The Hall–Kier alpha value is -2.61. The number of urea groups is 1. The first-order chi connectivity index (χ1) is 14.7. The van der Waals surface area contributed by atoms with Gasteiger partial charge < -0.3 is 20.1 Å². The van der Waals surface area contributed by atoms with Crippen LogP contribution in [0.15, 0.2) is 48.5 Å². The van der Waals surface area contributed by atoms with Crippen molar-refractivity contribution in [3.8, 4) is 5.75 Å². The highest BCUT2D eigenvalue weighted by Gasteiger charge is 2.16. The second-order valence-corrected chi connectivity index (χ2v) is 7.46. The van der Waals surface area contributed by atoms with Crippen LogP contribution in [0.25, 0.3) is 0 Å². The third-order valence-corrected chi connectivity index (χ3v) is 5.31. The molecule has 0 radical (unpaired) electrons. The number of amides is 2. The molecule has 0 aromatic heterocycles. The minimum atomic E-state index is -0.217. The average molecular weight is 413 g/mol. The summed E-state index contributed by atoms with van der Waals surface area (Å²) in [6, 6.07) is 15.5. The van der Waals surface area contributed by atoms with Crippen molar-refractivity contribution in [2.75, 3.05) is 58.9 Å². The van der Waals surface area contributed by atoms with Crippen molar-refractivity contribution in [1.29, 1.82) is 0 Å². The fourth-order valence-corrected chi connectivity index (χ4v) is 3.44. The lowest BCUT2D eigenvalue weighted by Gasteiger charge is -2.34. The zero-order valence-electron chi connectivity index (χ0n) is 17.9. The molecule has 1 fully saturated rings. The predicted molar refractivity (Wildman–Crippen MR) is 119 cm³/mol. The molecule has 7 heteroatoms. The van der Waals surface area contributed by atoms with Gasteiger partial charge in [0.05, 0.1) is 13.7 Å². The molecule has 3 rings (SSSR count). The summed E-state index contributed by atoms with van der Waals surface area (Å²) in [6.45, 7) is 7.49. The molecule has 1 saturated heterocycles. The normalized spacial score (nSPS) is 15.0. The first-order valence-electron chi connectivity index (χ1n) is 10.4. The molecule has 162 valence electrons. The lowest BCUT2D eigenvalue weighted by molar-refractivity contribution is 0.0938. The summed E-state index contributed by atoms with van der Waals surface area (Å²) in [4.78, 5) is 17.1. The van der Waals surface area contributed by atoms with Crippen molar-refractivity contribution < 1.29 is 14.3 Å². The number of piperazine rings is 1. The van der Waals surface area contributed by atoms with Gasteiger partial charge in [0.2, 0.25) is 0 Å². The van der Waals surface area contributed by atoms with E-state index in [4.69, 9.17) is 9.47 Å². The topological polar surface area (TPSA) is 66.1 Å². The lowest BCUT2D eigenvalue weighted by atomic mass is 10.2. The number of ether oxygens (including phenoxy) is 2. The van der Waals surface area contributed by atoms with E-state index in [0.29, 0.717) is 6.54 Å². The van der Waals surface area contributed by atoms with Gasteiger partial charge in [0, 0.05) is 58.6 Å². The largest absolute Gasteiger partial charge is 0.497 e. The number of rotatable bonds is 9. The number of hydrogen-bond donors (Lipinski definition) is 2. The van der Waals surface area contributed by atoms with E-state index in [-0.39, 0.29) is 6.03 Å². The number of anilines is 1. The third-order valence-electron chi connectivity index (χ3n) is 5.31. The summed E-state index contributed by atoms with van der Waals surface area (Å²) in [7, 11) is 3.38. The summed E-state index contributed by atoms with van der Waals surface area (Å²) < 4.78 is 10.3. The molecule has 7 nitrogen and oxygen atoms in total. The molecule has 2 aromatic rings. The number of hydrogen-bond acceptors (Lipinski definition) is 5. The van der Waals surface area contributed by atoms with E-state index in [2.05, 4.69) is 32.6 Å². The van der Waals surface area contributed by atoms with Gasteiger partial charge >= 0.3 is 6.03 Å². The van der Waals surface area contributed by atoms with Gasteiger partial charge in [0.1, 0.15) is 5.75 Å². The van der Waals surface area contributed by atoms with E-state index in [1.807, 2.05) is 36.4 Å². The molecular weight excluding hydrogens is 380 g/mol. The van der Waals surface area contributed by atoms with E-state index in [0.717, 1.165) is 62.9 Å². The van der Waals surface area contributed by atoms with Crippen LogP contribution < -0.4 is 15.4 Å². The summed E-state index contributed by atoms with van der Waals surface area (Å²) >= 11 is 0. The van der Waals surface area contributed by atoms with Gasteiger partial charge in [-0.1, -0.05) is 24.3 Å². The number of nitrogens with one attached hydrogen (secondary N) is 2. The van der Waals surface area contributed by atoms with Crippen molar-refractivity contribution in [3.05, 3.63) is 59.7 Å². The Morgan fingerprint density at radius 3 is 2.17 bits per heavy atom. The summed E-state index contributed by atoms with van der Waals surface area (Å²) in [5.74, 6) is 0.802. The maximum Gasteiger partial charge on any atom is 0.319 e. The van der Waals surface area contributed by atoms with Crippen LogP contribution >= 0.6 is 0 Å². The summed E-state index contributed by atoms with van der Waals surface area (Å²) in [6.07, 6.45) is 0. The van der Waals surface area contributed by atoms with Gasteiger partial charge in [-0.2, -0.15) is 0 Å². The highest BCUT2D eigenvalue weighted by molar-refractivity contribution is 5.89. The van der Waals surface area contributed by atoms with Crippen LogP contribution in [0, 0.1) is 0 Å². The second-order valence-electron chi connectivity index (χ2n) is 7.46. The van der Waals surface area contributed by atoms with Crippen LogP contribution in [0.1, 0.15) is 11.1 Å². The number of benzene rings is 2. The number of carbonyl (C=O) groups excluding carboxylic acids is 1. The molecule has 1 aliphatic rings. The van der Waals surface area contributed by atoms with Crippen molar-refractivity contribution in [2.45, 2.75) is 13.1 Å². The van der Waals surface area contributed by atoms with Crippen LogP contribution in [0.5, 0.6) is 5.75 Å². The number of carbonyl (C=O) groups is 1. The fourth-order valence-electron chi connectivity index (χ4n) is 3.44. The number of nitrogens with zero attached hydrogens (tertiary/aromatic N) is 2. The van der Waals surface area contributed by atoms with E-state index in [1.54, 1.807) is 14.2 Å². The number of methoxy groups -OCH3 is 2. The van der Waals surface area contributed by atoms with Crippen LogP contribution in [0.4, 0.5) is 10.5 Å². The molecular formula is C23H32N4O3. The van der Waals surface area contributed by atoms with Crippen molar-refractivity contribution in [2.24, 2.45) is 0 Å². The fraction of sp³-hybridized carbons (Fsp3) is 0.435. The quantitative estimate of drug-likeness (QED) is 0.663. The molecule has 2 amide bonds. The molecule has 2 aromatic carbocycles. The molecule has 30 heavy (non-hydrogen) atoms. The zero-order chi connectivity index (χ0) is 21.2. The smallest absolute Gasteiger partial charge is 0.319 e. The molecule has 0 unspecified atom stereocenters. The molecule has 0 bridgehead atoms. The molecule has 1 heterocycles. The Bertz CT molecular complexity index is 772. The first kappa shape index (κ1) is 22.1. The predicted octanol–water partition coefficient (Wildman–Crippen LogP) is 2.78. The zero-order valence-corrected chi connectivity index (χ0v) is 17.9. The van der Waals surface area contributed by atoms with Crippen molar-refractivity contribution in [3.63, 3.8) is 0 Å². The lowest BCUT2D eigenvalue weighted by Crippen LogP contribution is -2.46. The molecule has 0 aliphatic carbocycles. The van der Waals surface area contributed by atoms with Crippen molar-refractivity contribution >= 4 is 11.7 Å². The van der Waals surface area contributed by atoms with E-state index < -0.39 is 0 Å². The van der Waals surface area contributed by atoms with E-state index in [9.17, 15) is 4.79 Å². The minimum Gasteiger partial charge on any atom is -0.497 e. The maximum absolute atomic E-state index is 12.1. The van der Waals surface area contributed by atoms with Gasteiger partial charge in [-0.25, -0.2) is 4.79 Å². The van der Waals surface area contributed by atoms with E-state index in [1.165, 1.54) is 5.56 Å². The van der Waals surface area contributed by atoms with Gasteiger partial charge in [-0.05, 0) is 35.4 Å². The van der Waals surface area contributed by atoms with E-state index >= 15 is 0 Å². The molecule has 0 saturated carbocycles. The van der Waals surface area contributed by atoms with Crippen LogP contribution in [-0.2, 0) is 17.8 Å². The molecule has 2 N–H and O–H groups in total. The van der Waals surface area contributed by atoms with Crippen molar-refractivity contribution in [1.82, 2.24) is 15.1 Å². The molecule has 0 spiro atoms. The molecule has 1 aliphatic heterocycles.